The lowest BCUT2D eigenvalue weighted by molar-refractivity contribution is 0.260. The zero-order chi connectivity index (χ0) is 11.2. The maximum absolute atomic E-state index is 10.4. The van der Waals surface area contributed by atoms with Gasteiger partial charge in [0, 0.05) is 22.4 Å². The standard InChI is InChI=1S/C4H10O6S4/c5-13(6,11)9-3-1-2-4-10-14(7,8)12/h1-4H2,(H,5,6,11)(H,7,8,12). The first-order valence-electron chi connectivity index (χ1n) is 3.44. The summed E-state index contributed by atoms with van der Waals surface area (Å²) in [6.45, 7) is -0.0154. The first-order chi connectivity index (χ1) is 6.21. The molecule has 0 fully saturated rings. The molecule has 0 radical (unpaired) electrons. The quantitative estimate of drug-likeness (QED) is 0.634. The molecule has 0 saturated carbocycles. The lowest BCUT2D eigenvalue weighted by Crippen LogP contribution is -2.06. The first kappa shape index (κ1) is 14.6. The van der Waals surface area contributed by atoms with Crippen LogP contribution in [-0.2, 0) is 48.8 Å². The molecule has 0 bridgehead atoms. The molecule has 2 N–H and O–H groups in total. The van der Waals surface area contributed by atoms with Crippen LogP contribution >= 0.6 is 0 Å². The largest absolute Gasteiger partial charge is 0.285 e. The Labute approximate surface area is 92.4 Å². The highest BCUT2D eigenvalue weighted by molar-refractivity contribution is 8.27. The van der Waals surface area contributed by atoms with Crippen LogP contribution in [0.2, 0.25) is 0 Å². The van der Waals surface area contributed by atoms with E-state index in [4.69, 9.17) is 9.11 Å². The lowest BCUT2D eigenvalue weighted by atomic mass is 10.3. The molecule has 0 aromatic carbocycles. The van der Waals surface area contributed by atoms with E-state index in [1.165, 1.54) is 0 Å². The van der Waals surface area contributed by atoms with Gasteiger partial charge in [0.1, 0.15) is 0 Å². The molecular formula is C4H10O6S4. The van der Waals surface area contributed by atoms with Crippen molar-refractivity contribution >= 4 is 40.5 Å². The van der Waals surface area contributed by atoms with Crippen LogP contribution < -0.4 is 0 Å². The van der Waals surface area contributed by atoms with Gasteiger partial charge < -0.3 is 0 Å². The highest BCUT2D eigenvalue weighted by Crippen LogP contribution is 1.97. The van der Waals surface area contributed by atoms with Crippen molar-refractivity contribution in [3.05, 3.63) is 0 Å². The summed E-state index contributed by atoms with van der Waals surface area (Å²) >= 11 is 8.10. The highest BCUT2D eigenvalue weighted by atomic mass is 32.9. The molecule has 0 rings (SSSR count). The second-order valence-corrected chi connectivity index (χ2v) is 6.92. The van der Waals surface area contributed by atoms with Gasteiger partial charge in [-0.2, -0.15) is 8.42 Å². The zero-order valence-electron chi connectivity index (χ0n) is 6.99. The normalized spacial score (nSPS) is 19.9. The van der Waals surface area contributed by atoms with Crippen molar-refractivity contribution in [3.63, 3.8) is 0 Å². The SMILES string of the molecule is O=S(O)(=S)OCCCCOS(=O)(O)=S. The van der Waals surface area contributed by atoms with Crippen molar-refractivity contribution in [3.8, 4) is 0 Å². The van der Waals surface area contributed by atoms with E-state index in [2.05, 4.69) is 30.7 Å². The van der Waals surface area contributed by atoms with E-state index < -0.39 is 18.1 Å². The summed E-state index contributed by atoms with van der Waals surface area (Å²) in [6.07, 6.45) is 0.776. The second-order valence-electron chi connectivity index (χ2n) is 2.21. The predicted molar refractivity (Wildman–Crippen MR) is 57.4 cm³/mol. The van der Waals surface area contributed by atoms with Gasteiger partial charge in [-0.3, -0.25) is 17.5 Å². The third kappa shape index (κ3) is 12.6. The topological polar surface area (TPSA) is 93.1 Å². The maximum atomic E-state index is 10.4. The minimum absolute atomic E-state index is 0.00770. The Kier molecular flexibility index (Phi) is 6.48. The molecule has 86 valence electrons. The molecule has 0 spiro atoms. The molecule has 10 heteroatoms. The third-order valence-corrected chi connectivity index (χ3v) is 2.51. The first-order valence-corrected chi connectivity index (χ1v) is 8.17. The fraction of sp³-hybridized carbons (Fsp3) is 1.00. The van der Waals surface area contributed by atoms with Gasteiger partial charge in [0.05, 0.1) is 13.2 Å². The smallest absolute Gasteiger partial charge is 0.266 e. The van der Waals surface area contributed by atoms with Crippen LogP contribution in [0.1, 0.15) is 12.8 Å². The van der Waals surface area contributed by atoms with Crippen molar-refractivity contribution in [1.29, 1.82) is 0 Å². The molecule has 0 aromatic rings. The van der Waals surface area contributed by atoms with E-state index in [1.807, 2.05) is 0 Å². The molecule has 0 amide bonds. The van der Waals surface area contributed by atoms with Gasteiger partial charge in [-0.15, -0.1) is 0 Å². The van der Waals surface area contributed by atoms with Crippen molar-refractivity contribution < 1.29 is 25.9 Å². The second kappa shape index (κ2) is 6.23. The summed E-state index contributed by atoms with van der Waals surface area (Å²) in [5.41, 5.74) is 0. The maximum Gasteiger partial charge on any atom is 0.266 e. The Hall–Kier alpha value is 0.580. The Morgan fingerprint density at radius 2 is 1.21 bits per heavy atom. The van der Waals surface area contributed by atoms with Crippen LogP contribution in [0.3, 0.4) is 0 Å². The van der Waals surface area contributed by atoms with E-state index in [1.54, 1.807) is 0 Å². The van der Waals surface area contributed by atoms with E-state index in [9.17, 15) is 8.42 Å². The average molecular weight is 282 g/mol. The molecule has 0 saturated heterocycles. The average Bonchev–Trinajstić information content (AvgIpc) is 1.92. The van der Waals surface area contributed by atoms with Crippen LogP contribution in [0, 0.1) is 0 Å². The molecule has 0 heterocycles. The minimum Gasteiger partial charge on any atom is -0.285 e. The van der Waals surface area contributed by atoms with Gasteiger partial charge in [-0.1, -0.05) is 0 Å². The number of unbranched alkanes of at least 4 members (excludes halogenated alkanes) is 1. The molecule has 0 aliphatic rings. The summed E-state index contributed by atoms with van der Waals surface area (Å²) in [5.74, 6) is 0. The fourth-order valence-corrected chi connectivity index (χ4v) is 1.60. The van der Waals surface area contributed by atoms with Crippen molar-refractivity contribution in [2.75, 3.05) is 13.2 Å². The van der Waals surface area contributed by atoms with Crippen LogP contribution in [0.4, 0.5) is 0 Å². The van der Waals surface area contributed by atoms with E-state index in [0.29, 0.717) is 12.8 Å². The van der Waals surface area contributed by atoms with Gasteiger partial charge in [0.15, 0.2) is 0 Å². The van der Waals surface area contributed by atoms with E-state index in [0.717, 1.165) is 0 Å². The molecule has 2 unspecified atom stereocenters. The zero-order valence-corrected chi connectivity index (χ0v) is 10.3. The lowest BCUT2D eigenvalue weighted by Gasteiger charge is -2.02. The molecule has 0 aliphatic heterocycles. The summed E-state index contributed by atoms with van der Waals surface area (Å²) in [7, 11) is -7.15. The summed E-state index contributed by atoms with van der Waals surface area (Å²) in [5, 5.41) is 0. The van der Waals surface area contributed by atoms with Crippen LogP contribution in [0.15, 0.2) is 0 Å². The molecule has 2 atom stereocenters. The van der Waals surface area contributed by atoms with E-state index in [-0.39, 0.29) is 13.2 Å². The molecule has 0 aromatic heterocycles. The molecule has 6 nitrogen and oxygen atoms in total. The van der Waals surface area contributed by atoms with Crippen molar-refractivity contribution in [1.82, 2.24) is 0 Å². The number of rotatable bonds is 7. The molecule has 0 aliphatic carbocycles. The van der Waals surface area contributed by atoms with Gasteiger partial charge >= 0.3 is 0 Å². The van der Waals surface area contributed by atoms with Gasteiger partial charge in [-0.25, -0.2) is 0 Å². The Balaban J connectivity index is 3.41. The Morgan fingerprint density at radius 1 is 0.929 bits per heavy atom. The number of hydrogen-bond acceptors (Lipinski definition) is 6. The monoisotopic (exact) mass is 282 g/mol. The fourth-order valence-electron chi connectivity index (χ4n) is 0.533. The Morgan fingerprint density at radius 3 is 1.43 bits per heavy atom. The highest BCUT2D eigenvalue weighted by Gasteiger charge is 2.01. The van der Waals surface area contributed by atoms with Crippen LogP contribution in [0.25, 0.3) is 0 Å². The Bertz CT molecular complexity index is 306. The van der Waals surface area contributed by atoms with Crippen molar-refractivity contribution in [2.24, 2.45) is 0 Å². The van der Waals surface area contributed by atoms with E-state index >= 15 is 0 Å². The van der Waals surface area contributed by atoms with Crippen LogP contribution in [-0.4, -0.2) is 30.7 Å². The summed E-state index contributed by atoms with van der Waals surface area (Å²) in [6, 6.07) is 0. The van der Waals surface area contributed by atoms with Crippen molar-refractivity contribution in [2.45, 2.75) is 12.8 Å². The molecule has 14 heavy (non-hydrogen) atoms. The third-order valence-electron chi connectivity index (χ3n) is 1.00. The minimum atomic E-state index is -3.57. The molecular weight excluding hydrogens is 272 g/mol. The van der Waals surface area contributed by atoms with Gasteiger partial charge in [0.2, 0.25) is 0 Å². The van der Waals surface area contributed by atoms with Gasteiger partial charge in [0.25, 0.3) is 18.1 Å². The number of hydrogen-bond donors (Lipinski definition) is 2. The predicted octanol–water partition coefficient (Wildman–Crippen LogP) is 0.0684. The summed E-state index contributed by atoms with van der Waals surface area (Å²) < 4.78 is 46.5. The van der Waals surface area contributed by atoms with Gasteiger partial charge in [-0.05, 0) is 12.8 Å². The van der Waals surface area contributed by atoms with Crippen LogP contribution in [0.5, 0.6) is 0 Å². The summed E-state index contributed by atoms with van der Waals surface area (Å²) in [4.78, 5) is 0.